The first-order chi connectivity index (χ1) is 7.17. The van der Waals surface area contributed by atoms with E-state index in [0.717, 1.165) is 5.92 Å². The number of hydrogen-bond donors (Lipinski definition) is 3. The van der Waals surface area contributed by atoms with E-state index in [1.165, 1.54) is 12.8 Å². The van der Waals surface area contributed by atoms with Crippen LogP contribution in [0.4, 0.5) is 0 Å². The van der Waals surface area contributed by atoms with E-state index >= 15 is 0 Å². The van der Waals surface area contributed by atoms with Crippen molar-refractivity contribution in [1.29, 1.82) is 0 Å². The van der Waals surface area contributed by atoms with Crippen LogP contribution in [0.25, 0.3) is 0 Å². The molecule has 2 atom stereocenters. The molecule has 5 nitrogen and oxygen atoms in total. The summed E-state index contributed by atoms with van der Waals surface area (Å²) in [7, 11) is 1.68. The van der Waals surface area contributed by atoms with Crippen molar-refractivity contribution in [2.75, 3.05) is 13.7 Å². The highest BCUT2D eigenvalue weighted by Gasteiger charge is 2.27. The lowest BCUT2D eigenvalue weighted by Crippen LogP contribution is -2.47. The molecular weight excluding hydrogens is 192 g/mol. The van der Waals surface area contributed by atoms with Gasteiger partial charge in [0.05, 0.1) is 12.6 Å². The first-order valence-corrected chi connectivity index (χ1v) is 5.47. The Balaban J connectivity index is 2.38. The Hall–Kier alpha value is -0.810. The van der Waals surface area contributed by atoms with Crippen molar-refractivity contribution in [3.8, 4) is 0 Å². The van der Waals surface area contributed by atoms with Crippen LogP contribution in [0, 0.1) is 5.92 Å². The second kappa shape index (κ2) is 5.92. The first kappa shape index (κ1) is 12.3. The molecule has 0 heterocycles. The number of hydrogen-bond acceptors (Lipinski definition) is 3. The quantitative estimate of drug-likeness (QED) is 0.265. The summed E-state index contributed by atoms with van der Waals surface area (Å²) in [6.07, 6.45) is 2.58. The molecule has 0 spiro atoms. The van der Waals surface area contributed by atoms with Crippen molar-refractivity contribution in [2.24, 2.45) is 16.8 Å². The maximum absolute atomic E-state index is 5.40. The van der Waals surface area contributed by atoms with Crippen LogP contribution in [0.2, 0.25) is 0 Å². The Morgan fingerprint density at radius 3 is 2.67 bits per heavy atom. The van der Waals surface area contributed by atoms with Gasteiger partial charge >= 0.3 is 0 Å². The van der Waals surface area contributed by atoms with Gasteiger partial charge in [0.25, 0.3) is 0 Å². The SMILES string of the molecule is COCC(C)NC(=NC(C)C1CC1)NN. The molecule has 1 aliphatic carbocycles. The van der Waals surface area contributed by atoms with Crippen LogP contribution in [0.3, 0.4) is 0 Å². The second-order valence-electron chi connectivity index (χ2n) is 4.20. The Labute approximate surface area is 91.4 Å². The summed E-state index contributed by atoms with van der Waals surface area (Å²) in [6, 6.07) is 0.550. The van der Waals surface area contributed by atoms with Gasteiger partial charge in [-0.3, -0.25) is 5.43 Å². The number of ether oxygens (including phenoxy) is 1. The standard InChI is InChI=1S/C10H22N4O/c1-7(6-15-3)12-10(14-11)13-8(2)9-4-5-9/h7-9H,4-6,11H2,1-3H3,(H2,12,13,14). The molecule has 0 bridgehead atoms. The smallest absolute Gasteiger partial charge is 0.206 e. The molecule has 0 aromatic carbocycles. The van der Waals surface area contributed by atoms with Gasteiger partial charge in [0.2, 0.25) is 5.96 Å². The van der Waals surface area contributed by atoms with Crippen LogP contribution in [0.15, 0.2) is 4.99 Å². The fraction of sp³-hybridized carbons (Fsp3) is 0.900. The second-order valence-corrected chi connectivity index (χ2v) is 4.20. The fourth-order valence-corrected chi connectivity index (χ4v) is 1.53. The van der Waals surface area contributed by atoms with Crippen LogP contribution < -0.4 is 16.6 Å². The van der Waals surface area contributed by atoms with E-state index in [4.69, 9.17) is 10.6 Å². The summed E-state index contributed by atoms with van der Waals surface area (Å²) in [5.41, 5.74) is 2.59. The third kappa shape index (κ3) is 4.48. The topological polar surface area (TPSA) is 71.7 Å². The highest BCUT2D eigenvalue weighted by molar-refractivity contribution is 5.79. The molecule has 1 saturated carbocycles. The lowest BCUT2D eigenvalue weighted by molar-refractivity contribution is 0.179. The molecule has 0 amide bonds. The molecule has 1 rings (SSSR count). The highest BCUT2D eigenvalue weighted by atomic mass is 16.5. The summed E-state index contributed by atoms with van der Waals surface area (Å²) in [5, 5.41) is 3.17. The van der Waals surface area contributed by atoms with Gasteiger partial charge in [0, 0.05) is 13.2 Å². The summed E-state index contributed by atoms with van der Waals surface area (Å²) in [5.74, 6) is 6.80. The lowest BCUT2D eigenvalue weighted by Gasteiger charge is -2.17. The van der Waals surface area contributed by atoms with Gasteiger partial charge in [0.15, 0.2) is 0 Å². The Morgan fingerprint density at radius 1 is 1.53 bits per heavy atom. The predicted octanol–water partition coefficient (Wildman–Crippen LogP) is 0.229. The maximum atomic E-state index is 5.40. The predicted molar refractivity (Wildman–Crippen MR) is 61.4 cm³/mol. The minimum absolute atomic E-state index is 0.205. The van der Waals surface area contributed by atoms with Gasteiger partial charge in [-0.15, -0.1) is 0 Å². The third-order valence-electron chi connectivity index (χ3n) is 2.57. The number of hydrazine groups is 1. The molecule has 4 N–H and O–H groups in total. The van der Waals surface area contributed by atoms with Crippen LogP contribution in [0.5, 0.6) is 0 Å². The van der Waals surface area contributed by atoms with Crippen molar-refractivity contribution >= 4 is 5.96 Å². The summed E-state index contributed by atoms with van der Waals surface area (Å²) in [6.45, 7) is 4.79. The largest absolute Gasteiger partial charge is 0.383 e. The Bertz CT molecular complexity index is 215. The normalized spacial score (nSPS) is 20.9. The van der Waals surface area contributed by atoms with Gasteiger partial charge in [-0.1, -0.05) is 0 Å². The van der Waals surface area contributed by atoms with Gasteiger partial charge < -0.3 is 10.1 Å². The van der Waals surface area contributed by atoms with Gasteiger partial charge in [0.1, 0.15) is 0 Å². The molecular formula is C10H22N4O. The minimum Gasteiger partial charge on any atom is -0.383 e. The molecule has 0 radical (unpaired) electrons. The summed E-state index contributed by atoms with van der Waals surface area (Å²) >= 11 is 0. The molecule has 0 aromatic heterocycles. The van der Waals surface area contributed by atoms with Crippen molar-refractivity contribution in [1.82, 2.24) is 10.7 Å². The highest BCUT2D eigenvalue weighted by Crippen LogP contribution is 2.33. The van der Waals surface area contributed by atoms with E-state index in [1.54, 1.807) is 7.11 Å². The number of nitrogens with one attached hydrogen (secondary N) is 2. The van der Waals surface area contributed by atoms with E-state index in [-0.39, 0.29) is 6.04 Å². The number of aliphatic imine (C=N–C) groups is 1. The average molecular weight is 214 g/mol. The number of nitrogens with two attached hydrogens (primary N) is 1. The Morgan fingerprint density at radius 2 is 2.20 bits per heavy atom. The van der Waals surface area contributed by atoms with Crippen molar-refractivity contribution in [3.63, 3.8) is 0 Å². The lowest BCUT2D eigenvalue weighted by atomic mass is 10.2. The molecule has 0 aromatic rings. The fourth-order valence-electron chi connectivity index (χ4n) is 1.53. The van der Waals surface area contributed by atoms with Gasteiger partial charge in [-0.05, 0) is 32.6 Å². The molecule has 15 heavy (non-hydrogen) atoms. The van der Waals surface area contributed by atoms with Gasteiger partial charge in [-0.25, -0.2) is 10.8 Å². The van der Waals surface area contributed by atoms with Gasteiger partial charge in [-0.2, -0.15) is 0 Å². The minimum atomic E-state index is 0.205. The van der Waals surface area contributed by atoms with E-state index < -0.39 is 0 Å². The zero-order valence-corrected chi connectivity index (χ0v) is 9.79. The summed E-state index contributed by atoms with van der Waals surface area (Å²) < 4.78 is 5.03. The van der Waals surface area contributed by atoms with E-state index in [9.17, 15) is 0 Å². The van der Waals surface area contributed by atoms with Crippen LogP contribution >= 0.6 is 0 Å². The first-order valence-electron chi connectivity index (χ1n) is 5.47. The maximum Gasteiger partial charge on any atom is 0.206 e. The monoisotopic (exact) mass is 214 g/mol. The van der Waals surface area contributed by atoms with Crippen molar-refractivity contribution < 1.29 is 4.74 Å². The molecule has 0 aliphatic heterocycles. The average Bonchev–Trinajstić information content (AvgIpc) is 3.00. The zero-order valence-electron chi connectivity index (χ0n) is 9.79. The van der Waals surface area contributed by atoms with E-state index in [1.807, 2.05) is 6.92 Å². The number of nitrogens with zero attached hydrogens (tertiary/aromatic N) is 1. The molecule has 1 aliphatic rings. The molecule has 2 unspecified atom stereocenters. The number of methoxy groups -OCH3 is 1. The molecule has 0 saturated heterocycles. The summed E-state index contributed by atoms with van der Waals surface area (Å²) in [4.78, 5) is 4.49. The molecule has 1 fully saturated rings. The van der Waals surface area contributed by atoms with Crippen LogP contribution in [0.1, 0.15) is 26.7 Å². The third-order valence-corrected chi connectivity index (χ3v) is 2.57. The van der Waals surface area contributed by atoms with Crippen LogP contribution in [-0.2, 0) is 4.74 Å². The zero-order chi connectivity index (χ0) is 11.3. The van der Waals surface area contributed by atoms with Crippen molar-refractivity contribution in [3.05, 3.63) is 0 Å². The number of rotatable bonds is 5. The number of guanidine groups is 1. The Kier molecular flexibility index (Phi) is 4.84. The molecule has 88 valence electrons. The van der Waals surface area contributed by atoms with Crippen molar-refractivity contribution in [2.45, 2.75) is 38.8 Å². The van der Waals surface area contributed by atoms with E-state index in [0.29, 0.717) is 18.6 Å². The van der Waals surface area contributed by atoms with Crippen LogP contribution in [-0.4, -0.2) is 31.8 Å². The van der Waals surface area contributed by atoms with E-state index in [2.05, 4.69) is 22.7 Å². The molecule has 5 heteroatoms.